The largest absolute Gasteiger partial charge is 0.349 e. The van der Waals surface area contributed by atoms with E-state index in [4.69, 9.17) is 0 Å². The van der Waals surface area contributed by atoms with Gasteiger partial charge in [0.05, 0.1) is 5.52 Å². The molecule has 0 atom stereocenters. The molecule has 2 aromatic heterocycles. The van der Waals surface area contributed by atoms with Crippen molar-refractivity contribution in [2.75, 3.05) is 11.9 Å². The lowest BCUT2D eigenvalue weighted by Gasteiger charge is -2.06. The highest BCUT2D eigenvalue weighted by Crippen LogP contribution is 2.18. The van der Waals surface area contributed by atoms with Crippen molar-refractivity contribution in [3.63, 3.8) is 0 Å². The maximum Gasteiger partial charge on any atom is 0.287 e. The van der Waals surface area contributed by atoms with E-state index in [1.54, 1.807) is 22.7 Å². The third-order valence-corrected chi connectivity index (χ3v) is 4.40. The molecule has 3 rings (SSSR count). The number of anilines is 1. The van der Waals surface area contributed by atoms with Crippen LogP contribution in [0.2, 0.25) is 0 Å². The molecule has 0 aliphatic rings. The Morgan fingerprint density at radius 1 is 1.07 bits per heavy atom. The number of nitrogens with one attached hydrogen (secondary N) is 2. The van der Waals surface area contributed by atoms with Crippen LogP contribution in [-0.4, -0.2) is 27.7 Å². The van der Waals surface area contributed by atoms with Crippen LogP contribution < -0.4 is 10.6 Å². The number of pyridine rings is 1. The number of imidazole rings is 1. The molecule has 0 saturated carbocycles. The minimum absolute atomic E-state index is 0.205. The van der Waals surface area contributed by atoms with Crippen LogP contribution in [0.15, 0.2) is 42.6 Å². The molecule has 140 valence electrons. The van der Waals surface area contributed by atoms with Crippen molar-refractivity contribution in [2.45, 2.75) is 27.7 Å². The molecule has 2 heterocycles. The van der Waals surface area contributed by atoms with E-state index in [0.29, 0.717) is 23.7 Å². The van der Waals surface area contributed by atoms with Gasteiger partial charge in [-0.15, -0.1) is 0 Å². The summed E-state index contributed by atoms with van der Waals surface area (Å²) in [7, 11) is 0. The first kappa shape index (κ1) is 18.6. The van der Waals surface area contributed by atoms with E-state index < -0.39 is 0 Å². The van der Waals surface area contributed by atoms with E-state index in [2.05, 4.69) is 15.6 Å². The molecule has 0 aliphatic heterocycles. The number of carbonyl (C=O) groups excluding carboxylic acids is 2. The highest BCUT2D eigenvalue weighted by Gasteiger charge is 2.21. The SMILES string of the molecule is Cc1ccc(NC(=O)c2nc(C(=O)NCC(C)C)n3ccccc23)cc1C. The van der Waals surface area contributed by atoms with Crippen molar-refractivity contribution < 1.29 is 9.59 Å². The molecule has 2 amide bonds. The van der Waals surface area contributed by atoms with Crippen molar-refractivity contribution in [1.82, 2.24) is 14.7 Å². The molecule has 6 nitrogen and oxygen atoms in total. The van der Waals surface area contributed by atoms with Crippen LogP contribution >= 0.6 is 0 Å². The zero-order valence-electron chi connectivity index (χ0n) is 16.0. The first-order valence-corrected chi connectivity index (χ1v) is 9.00. The lowest BCUT2D eigenvalue weighted by atomic mass is 10.1. The Balaban J connectivity index is 1.93. The monoisotopic (exact) mass is 364 g/mol. The number of aromatic nitrogens is 2. The zero-order valence-corrected chi connectivity index (χ0v) is 16.0. The summed E-state index contributed by atoms with van der Waals surface area (Å²) < 4.78 is 1.64. The van der Waals surface area contributed by atoms with Crippen LogP contribution in [0, 0.1) is 19.8 Å². The number of fused-ring (bicyclic) bond motifs is 1. The summed E-state index contributed by atoms with van der Waals surface area (Å²) in [5, 5.41) is 5.73. The number of nitrogens with zero attached hydrogens (tertiary/aromatic N) is 2. The van der Waals surface area contributed by atoms with Crippen molar-refractivity contribution in [1.29, 1.82) is 0 Å². The molecule has 0 unspecified atom stereocenters. The van der Waals surface area contributed by atoms with Gasteiger partial charge in [0.15, 0.2) is 5.69 Å². The first-order chi connectivity index (χ1) is 12.9. The number of aryl methyl sites for hydroxylation is 2. The Morgan fingerprint density at radius 3 is 2.56 bits per heavy atom. The predicted octanol–water partition coefficient (Wildman–Crippen LogP) is 3.59. The van der Waals surface area contributed by atoms with Crippen LogP contribution in [0.3, 0.4) is 0 Å². The Hall–Kier alpha value is -3.15. The number of amides is 2. The molecule has 0 spiro atoms. The van der Waals surface area contributed by atoms with Gasteiger partial charge in [0.25, 0.3) is 11.8 Å². The predicted molar refractivity (Wildman–Crippen MR) is 106 cm³/mol. The van der Waals surface area contributed by atoms with Gasteiger partial charge in [0.1, 0.15) is 0 Å². The smallest absolute Gasteiger partial charge is 0.287 e. The van der Waals surface area contributed by atoms with Gasteiger partial charge in [0, 0.05) is 18.4 Å². The van der Waals surface area contributed by atoms with E-state index in [-0.39, 0.29) is 23.3 Å². The molecule has 0 bridgehead atoms. The molecular weight excluding hydrogens is 340 g/mol. The Kier molecular flexibility index (Phi) is 5.26. The van der Waals surface area contributed by atoms with Gasteiger partial charge in [-0.3, -0.25) is 14.0 Å². The second-order valence-electron chi connectivity index (χ2n) is 7.10. The number of hydrogen-bond donors (Lipinski definition) is 2. The molecule has 1 aromatic carbocycles. The maximum absolute atomic E-state index is 12.8. The molecule has 0 aliphatic carbocycles. The topological polar surface area (TPSA) is 75.5 Å². The van der Waals surface area contributed by atoms with E-state index in [0.717, 1.165) is 11.1 Å². The minimum Gasteiger partial charge on any atom is -0.349 e. The summed E-state index contributed by atoms with van der Waals surface area (Å²) in [5.74, 6) is -0.107. The fourth-order valence-corrected chi connectivity index (χ4v) is 2.75. The van der Waals surface area contributed by atoms with Crippen LogP contribution in [0.5, 0.6) is 0 Å². The normalized spacial score (nSPS) is 11.0. The van der Waals surface area contributed by atoms with Gasteiger partial charge in [0.2, 0.25) is 5.82 Å². The van der Waals surface area contributed by atoms with Crippen molar-refractivity contribution in [2.24, 2.45) is 5.92 Å². The standard InChI is InChI=1S/C21H24N4O2/c1-13(2)12-22-21(27)19-24-18(17-7-5-6-10-25(17)19)20(26)23-16-9-8-14(3)15(4)11-16/h5-11,13H,12H2,1-4H3,(H,22,27)(H,23,26). The highest BCUT2D eigenvalue weighted by molar-refractivity contribution is 6.09. The molecule has 27 heavy (non-hydrogen) atoms. The number of rotatable bonds is 5. The molecule has 0 saturated heterocycles. The second-order valence-corrected chi connectivity index (χ2v) is 7.10. The van der Waals surface area contributed by atoms with Crippen LogP contribution in [0.25, 0.3) is 5.52 Å². The number of benzene rings is 1. The Morgan fingerprint density at radius 2 is 1.85 bits per heavy atom. The quantitative estimate of drug-likeness (QED) is 0.726. The van der Waals surface area contributed by atoms with Crippen molar-refractivity contribution >= 4 is 23.0 Å². The number of carbonyl (C=O) groups is 2. The summed E-state index contributed by atoms with van der Waals surface area (Å²) in [4.78, 5) is 29.7. The summed E-state index contributed by atoms with van der Waals surface area (Å²) in [6.45, 7) is 8.60. The van der Waals surface area contributed by atoms with E-state index >= 15 is 0 Å². The summed E-state index contributed by atoms with van der Waals surface area (Å²) in [5.41, 5.74) is 3.77. The average Bonchev–Trinajstić information content (AvgIpc) is 3.02. The second kappa shape index (κ2) is 7.61. The summed E-state index contributed by atoms with van der Waals surface area (Å²) >= 11 is 0. The fraction of sp³-hybridized carbons (Fsp3) is 0.286. The summed E-state index contributed by atoms with van der Waals surface area (Å²) in [6.07, 6.45) is 1.74. The Labute approximate surface area is 158 Å². The highest BCUT2D eigenvalue weighted by atomic mass is 16.2. The van der Waals surface area contributed by atoms with Gasteiger partial charge >= 0.3 is 0 Å². The Bertz CT molecular complexity index is 1000. The minimum atomic E-state index is -0.343. The molecule has 3 aromatic rings. The van der Waals surface area contributed by atoms with Gasteiger partial charge in [-0.05, 0) is 55.2 Å². The van der Waals surface area contributed by atoms with E-state index in [1.165, 1.54) is 0 Å². The van der Waals surface area contributed by atoms with Crippen LogP contribution in [0.1, 0.15) is 46.1 Å². The molecule has 6 heteroatoms. The third-order valence-electron chi connectivity index (χ3n) is 4.40. The maximum atomic E-state index is 12.8. The summed E-state index contributed by atoms with van der Waals surface area (Å²) in [6, 6.07) is 11.1. The van der Waals surface area contributed by atoms with Crippen LogP contribution in [0.4, 0.5) is 5.69 Å². The van der Waals surface area contributed by atoms with Gasteiger partial charge in [-0.1, -0.05) is 26.0 Å². The van der Waals surface area contributed by atoms with Crippen LogP contribution in [-0.2, 0) is 0 Å². The molecule has 0 fully saturated rings. The molecular formula is C21H24N4O2. The van der Waals surface area contributed by atoms with Crippen molar-refractivity contribution in [3.8, 4) is 0 Å². The zero-order chi connectivity index (χ0) is 19.6. The fourth-order valence-electron chi connectivity index (χ4n) is 2.75. The molecule has 0 radical (unpaired) electrons. The molecule has 2 N–H and O–H groups in total. The average molecular weight is 364 g/mol. The lowest BCUT2D eigenvalue weighted by molar-refractivity contribution is 0.0938. The van der Waals surface area contributed by atoms with Crippen molar-refractivity contribution in [3.05, 3.63) is 65.2 Å². The van der Waals surface area contributed by atoms with E-state index in [9.17, 15) is 9.59 Å². The van der Waals surface area contributed by atoms with Gasteiger partial charge in [-0.25, -0.2) is 4.98 Å². The lowest BCUT2D eigenvalue weighted by Crippen LogP contribution is -2.29. The van der Waals surface area contributed by atoms with Gasteiger partial charge in [-0.2, -0.15) is 0 Å². The van der Waals surface area contributed by atoms with E-state index in [1.807, 2.05) is 52.0 Å². The number of hydrogen-bond acceptors (Lipinski definition) is 3. The van der Waals surface area contributed by atoms with Gasteiger partial charge < -0.3 is 10.6 Å². The first-order valence-electron chi connectivity index (χ1n) is 9.00. The third kappa shape index (κ3) is 4.00.